The maximum absolute atomic E-state index is 13.0. The first-order valence-corrected chi connectivity index (χ1v) is 10.9. The van der Waals surface area contributed by atoms with E-state index in [2.05, 4.69) is 21.8 Å². The monoisotopic (exact) mass is 459 g/mol. The number of piperidine rings is 1. The molecule has 33 heavy (non-hydrogen) atoms. The molecule has 10 heteroatoms. The molecule has 1 amide bonds. The van der Waals surface area contributed by atoms with E-state index in [0.29, 0.717) is 6.04 Å². The van der Waals surface area contributed by atoms with Crippen molar-refractivity contribution in [3.05, 3.63) is 42.2 Å². The Bertz CT molecular complexity index is 881. The number of hydrogen-bond acceptors (Lipinski definition) is 6. The number of aryl methyl sites for hydroxylation is 1. The van der Waals surface area contributed by atoms with Crippen LogP contribution in [0.15, 0.2) is 36.7 Å². The normalized spacial score (nSPS) is 17.2. The molecule has 0 spiro atoms. The zero-order chi connectivity index (χ0) is 24.2. The van der Waals surface area contributed by atoms with Gasteiger partial charge in [-0.05, 0) is 45.1 Å². The molecule has 4 rings (SSSR count). The van der Waals surface area contributed by atoms with E-state index in [-0.39, 0.29) is 18.9 Å². The van der Waals surface area contributed by atoms with Gasteiger partial charge in [-0.25, -0.2) is 4.98 Å². The Labute approximate surface area is 194 Å². The molecule has 2 N–H and O–H groups in total. The quantitative estimate of drug-likeness (QED) is 0.660. The van der Waals surface area contributed by atoms with E-state index in [1.54, 1.807) is 6.20 Å². The number of piperazine rings is 1. The second-order valence-electron chi connectivity index (χ2n) is 8.02. The second kappa shape index (κ2) is 13.3. The number of hydrogen-bond donors (Lipinski definition) is 2. The molecule has 2 fully saturated rings. The lowest BCUT2D eigenvalue weighted by Gasteiger charge is -2.42. The molecule has 3 heterocycles. The third kappa shape index (κ3) is 7.40. The first kappa shape index (κ1) is 26.0. The number of carboxylic acid groups (broad SMARTS) is 2. The van der Waals surface area contributed by atoms with E-state index < -0.39 is 0 Å². The van der Waals surface area contributed by atoms with E-state index in [4.69, 9.17) is 19.8 Å². The third-order valence-corrected chi connectivity index (χ3v) is 5.99. The van der Waals surface area contributed by atoms with Crippen LogP contribution in [0.3, 0.4) is 0 Å². The van der Waals surface area contributed by atoms with Gasteiger partial charge in [0.1, 0.15) is 5.82 Å². The molecule has 0 aliphatic carbocycles. The van der Waals surface area contributed by atoms with Gasteiger partial charge in [0.15, 0.2) is 0 Å². The number of rotatable bonds is 3. The molecule has 10 nitrogen and oxygen atoms in total. The minimum atomic E-state index is -0.250. The Hall–Kier alpha value is -3.24. The minimum Gasteiger partial charge on any atom is -0.483 e. The second-order valence-corrected chi connectivity index (χ2v) is 8.02. The molecule has 2 aromatic rings. The first-order valence-electron chi connectivity index (χ1n) is 10.9. The number of likely N-dealkylation sites (tertiary alicyclic amines) is 1. The summed E-state index contributed by atoms with van der Waals surface area (Å²) in [7, 11) is 4.17. The van der Waals surface area contributed by atoms with Crippen molar-refractivity contribution in [3.8, 4) is 11.4 Å². The summed E-state index contributed by atoms with van der Waals surface area (Å²) < 4.78 is 1.98. The summed E-state index contributed by atoms with van der Waals surface area (Å²) in [5, 5.41) is 13.8. The lowest BCUT2D eigenvalue weighted by Crippen LogP contribution is -2.54. The van der Waals surface area contributed by atoms with Gasteiger partial charge >= 0.3 is 0 Å². The van der Waals surface area contributed by atoms with Crippen LogP contribution in [-0.2, 0) is 16.6 Å². The average Bonchev–Trinajstić information content (AvgIpc) is 3.26. The predicted molar refractivity (Wildman–Crippen MR) is 124 cm³/mol. The molecule has 0 atom stereocenters. The standard InChI is InChI=1S/C21H29N5O.2CH2O2/c1-23-9-6-19(7-10-23)25-12-14-26(15-13-25)21(27)18-5-3-4-17(16-18)20-22-8-11-24(20)2;2*2-1-3/h3-5,8,11,16,19H,6-7,9-10,12-15H2,1-2H3;2*1H,(H,2,3). The van der Waals surface area contributed by atoms with Crippen molar-refractivity contribution in [2.24, 2.45) is 7.05 Å². The molecule has 2 aliphatic heterocycles. The number of carbonyl (C=O) groups is 3. The zero-order valence-electron chi connectivity index (χ0n) is 19.2. The molecule has 2 saturated heterocycles. The molecule has 0 saturated carbocycles. The van der Waals surface area contributed by atoms with Crippen molar-refractivity contribution < 1.29 is 24.6 Å². The Kier molecular flexibility index (Phi) is 10.5. The Balaban J connectivity index is 0.000000582. The van der Waals surface area contributed by atoms with Crippen LogP contribution in [0.4, 0.5) is 0 Å². The van der Waals surface area contributed by atoms with Crippen molar-refractivity contribution in [1.82, 2.24) is 24.3 Å². The molecule has 1 aromatic heterocycles. The maximum Gasteiger partial charge on any atom is 0.290 e. The van der Waals surface area contributed by atoms with Crippen molar-refractivity contribution in [3.63, 3.8) is 0 Å². The largest absolute Gasteiger partial charge is 0.483 e. The highest BCUT2D eigenvalue weighted by Gasteiger charge is 2.28. The molecule has 0 unspecified atom stereocenters. The van der Waals surface area contributed by atoms with E-state index in [9.17, 15) is 4.79 Å². The van der Waals surface area contributed by atoms with Gasteiger partial charge in [0.2, 0.25) is 0 Å². The van der Waals surface area contributed by atoms with Gasteiger partial charge in [0.05, 0.1) is 0 Å². The molecule has 0 bridgehead atoms. The van der Waals surface area contributed by atoms with Crippen LogP contribution in [0, 0.1) is 0 Å². The van der Waals surface area contributed by atoms with Crippen LogP contribution in [0.5, 0.6) is 0 Å². The summed E-state index contributed by atoms with van der Waals surface area (Å²) in [6.07, 6.45) is 6.20. The Morgan fingerprint density at radius 1 is 1.00 bits per heavy atom. The van der Waals surface area contributed by atoms with Crippen molar-refractivity contribution in [2.75, 3.05) is 46.3 Å². The zero-order valence-corrected chi connectivity index (χ0v) is 19.2. The fourth-order valence-electron chi connectivity index (χ4n) is 4.27. The summed E-state index contributed by atoms with van der Waals surface area (Å²) in [6, 6.07) is 8.53. The maximum atomic E-state index is 13.0. The molecule has 2 aliphatic rings. The van der Waals surface area contributed by atoms with Gasteiger partial charge in [0, 0.05) is 62.8 Å². The predicted octanol–water partition coefficient (Wildman–Crippen LogP) is 1.34. The van der Waals surface area contributed by atoms with Gasteiger partial charge in [-0.1, -0.05) is 12.1 Å². The van der Waals surface area contributed by atoms with E-state index in [1.165, 1.54) is 25.9 Å². The molecule has 180 valence electrons. The fraction of sp³-hybridized carbons (Fsp3) is 0.478. The number of nitrogens with zero attached hydrogens (tertiary/aromatic N) is 5. The number of carbonyl (C=O) groups excluding carboxylic acids is 1. The summed E-state index contributed by atoms with van der Waals surface area (Å²) in [4.78, 5) is 41.1. The van der Waals surface area contributed by atoms with Crippen molar-refractivity contribution in [2.45, 2.75) is 18.9 Å². The van der Waals surface area contributed by atoms with Crippen LogP contribution >= 0.6 is 0 Å². The van der Waals surface area contributed by atoms with Crippen LogP contribution in [0.25, 0.3) is 11.4 Å². The number of amides is 1. The van der Waals surface area contributed by atoms with Crippen molar-refractivity contribution in [1.29, 1.82) is 0 Å². The molecule has 1 aromatic carbocycles. The molecular formula is C23H33N5O5. The van der Waals surface area contributed by atoms with Crippen LogP contribution in [0.1, 0.15) is 23.2 Å². The minimum absolute atomic E-state index is 0.133. The summed E-state index contributed by atoms with van der Waals surface area (Å²) >= 11 is 0. The lowest BCUT2D eigenvalue weighted by molar-refractivity contribution is -0.123. The Morgan fingerprint density at radius 2 is 1.61 bits per heavy atom. The Morgan fingerprint density at radius 3 is 2.15 bits per heavy atom. The van der Waals surface area contributed by atoms with Gasteiger partial charge < -0.3 is 24.6 Å². The smallest absolute Gasteiger partial charge is 0.290 e. The average molecular weight is 460 g/mol. The van der Waals surface area contributed by atoms with E-state index in [1.807, 2.05) is 47.0 Å². The number of imidazole rings is 1. The topological polar surface area (TPSA) is 119 Å². The number of benzene rings is 1. The van der Waals surface area contributed by atoms with Gasteiger partial charge in [-0.3, -0.25) is 19.3 Å². The fourth-order valence-corrected chi connectivity index (χ4v) is 4.27. The summed E-state index contributed by atoms with van der Waals surface area (Å²) in [5.41, 5.74) is 1.74. The third-order valence-electron chi connectivity index (χ3n) is 5.99. The number of aromatic nitrogens is 2. The van der Waals surface area contributed by atoms with Gasteiger partial charge in [-0.2, -0.15) is 0 Å². The highest BCUT2D eigenvalue weighted by atomic mass is 16.3. The van der Waals surface area contributed by atoms with Gasteiger partial charge in [-0.15, -0.1) is 0 Å². The molecule has 0 radical (unpaired) electrons. The summed E-state index contributed by atoms with van der Waals surface area (Å²) in [6.45, 7) is 5.47. The van der Waals surface area contributed by atoms with Gasteiger partial charge in [0.25, 0.3) is 18.9 Å². The van der Waals surface area contributed by atoms with E-state index in [0.717, 1.165) is 43.1 Å². The van der Waals surface area contributed by atoms with Crippen LogP contribution < -0.4 is 0 Å². The van der Waals surface area contributed by atoms with Crippen LogP contribution in [0.2, 0.25) is 0 Å². The highest BCUT2D eigenvalue weighted by Crippen LogP contribution is 2.21. The van der Waals surface area contributed by atoms with Crippen molar-refractivity contribution >= 4 is 18.9 Å². The first-order chi connectivity index (χ1) is 15.9. The summed E-state index contributed by atoms with van der Waals surface area (Å²) in [5.74, 6) is 1.02. The molecular weight excluding hydrogens is 426 g/mol. The van der Waals surface area contributed by atoms with Crippen LogP contribution in [-0.4, -0.2) is 106 Å². The lowest BCUT2D eigenvalue weighted by atomic mass is 10.0. The van der Waals surface area contributed by atoms with E-state index >= 15 is 0 Å². The SMILES string of the molecule is CN1CCC(N2CCN(C(=O)c3cccc(-c4nccn4C)c3)CC2)CC1.O=CO.O=CO. The highest BCUT2D eigenvalue weighted by molar-refractivity contribution is 5.95.